The van der Waals surface area contributed by atoms with Crippen molar-refractivity contribution >= 4 is 38.9 Å². The molecule has 1 unspecified atom stereocenters. The summed E-state index contributed by atoms with van der Waals surface area (Å²) in [5.41, 5.74) is 6.56. The number of hydrogen-bond donors (Lipinski definition) is 1. The van der Waals surface area contributed by atoms with Crippen LogP contribution < -0.4 is 5.73 Å². The number of aromatic nitrogens is 2. The first kappa shape index (κ1) is 20.5. The van der Waals surface area contributed by atoms with Crippen molar-refractivity contribution in [2.24, 2.45) is 10.7 Å². The monoisotopic (exact) mass is 477 g/mol. The van der Waals surface area contributed by atoms with Crippen LogP contribution in [0.25, 0.3) is 21.9 Å². The van der Waals surface area contributed by atoms with Crippen molar-refractivity contribution in [2.45, 2.75) is 31.2 Å². The molecule has 1 atom stereocenters. The van der Waals surface area contributed by atoms with Crippen molar-refractivity contribution in [3.63, 3.8) is 0 Å². The van der Waals surface area contributed by atoms with Crippen molar-refractivity contribution in [1.82, 2.24) is 14.4 Å². The van der Waals surface area contributed by atoms with Gasteiger partial charge in [-0.25, -0.2) is 17.7 Å². The van der Waals surface area contributed by atoms with E-state index in [-0.39, 0.29) is 11.7 Å². The zero-order chi connectivity index (χ0) is 22.0. The second kappa shape index (κ2) is 7.04. The maximum Gasteiger partial charge on any atom is 0.257 e. The average molecular weight is 478 g/mol. The van der Waals surface area contributed by atoms with Crippen molar-refractivity contribution in [1.29, 1.82) is 0 Å². The predicted octanol–water partition coefficient (Wildman–Crippen LogP) is 3.80. The summed E-state index contributed by atoms with van der Waals surface area (Å²) in [5.74, 6) is 1.40. The lowest BCUT2D eigenvalue weighted by Gasteiger charge is -2.33. The van der Waals surface area contributed by atoms with Crippen LogP contribution in [-0.4, -0.2) is 41.6 Å². The summed E-state index contributed by atoms with van der Waals surface area (Å²) < 4.78 is 31.5. The highest BCUT2D eigenvalue weighted by Gasteiger charge is 2.42. The lowest BCUT2D eigenvalue weighted by atomic mass is 10.0. The maximum absolute atomic E-state index is 12.5. The molecule has 2 N–H and O–H groups in total. The highest BCUT2D eigenvalue weighted by atomic mass is 35.5. The Morgan fingerprint density at radius 1 is 1.29 bits per heavy atom. The molecule has 0 bridgehead atoms. The van der Waals surface area contributed by atoms with Gasteiger partial charge in [0.05, 0.1) is 15.7 Å². The number of nitrogens with zero attached hydrogens (tertiary/aromatic N) is 4. The summed E-state index contributed by atoms with van der Waals surface area (Å²) in [5, 5.41) is 4.54. The Morgan fingerprint density at radius 2 is 2.03 bits per heavy atom. The Kier molecular flexibility index (Phi) is 4.65. The van der Waals surface area contributed by atoms with Crippen LogP contribution in [-0.2, 0) is 15.6 Å². The summed E-state index contributed by atoms with van der Waals surface area (Å²) in [6.45, 7) is 1.74. The van der Waals surface area contributed by atoms with Crippen LogP contribution in [0, 0.1) is 0 Å². The highest BCUT2D eigenvalue weighted by molar-refractivity contribution is 7.89. The van der Waals surface area contributed by atoms with E-state index in [0.29, 0.717) is 21.7 Å². The number of nitrogens with two attached hydrogens (primary N) is 1. The molecule has 0 spiro atoms. The Hall–Kier alpha value is -2.43. The molecule has 0 amide bonds. The second-order valence-electron chi connectivity index (χ2n) is 8.07. The van der Waals surface area contributed by atoms with Gasteiger partial charge in [-0.3, -0.25) is 0 Å². The molecule has 0 radical (unpaired) electrons. The molecular weight excluding hydrogens is 458 g/mol. The van der Waals surface area contributed by atoms with Crippen LogP contribution in [0.1, 0.15) is 36.4 Å². The predicted molar refractivity (Wildman–Crippen MR) is 121 cm³/mol. The molecule has 3 heterocycles. The van der Waals surface area contributed by atoms with Crippen LogP contribution in [0.4, 0.5) is 0 Å². The summed E-state index contributed by atoms with van der Waals surface area (Å²) in [4.78, 5) is 10.5. The van der Waals surface area contributed by atoms with Crippen molar-refractivity contribution in [3.05, 3.63) is 46.1 Å². The zero-order valence-electron chi connectivity index (χ0n) is 16.9. The fourth-order valence-corrected chi connectivity index (χ4v) is 6.77. The van der Waals surface area contributed by atoms with Crippen molar-refractivity contribution in [3.8, 4) is 21.9 Å². The number of aliphatic imine (C=N–C) groups is 1. The number of hydrogen-bond acceptors (Lipinski definition) is 8. The van der Waals surface area contributed by atoms with Crippen molar-refractivity contribution < 1.29 is 12.9 Å². The lowest BCUT2D eigenvalue weighted by Crippen LogP contribution is -2.50. The molecule has 31 heavy (non-hydrogen) atoms. The van der Waals surface area contributed by atoms with Gasteiger partial charge in [0.25, 0.3) is 5.89 Å². The van der Waals surface area contributed by atoms with Gasteiger partial charge in [-0.15, -0.1) is 11.3 Å². The molecular formula is C20H20ClN5O3S2. The van der Waals surface area contributed by atoms with E-state index in [9.17, 15) is 8.42 Å². The Morgan fingerprint density at radius 3 is 2.74 bits per heavy atom. The molecule has 5 rings (SSSR count). The standard InChI is InChI=1S/C20H20ClN5O3S2/c1-20(10-31(27,28)26(2)19(22)24-20)16-14(21)9-15(30-16)12-4-3-5-13(8-12)18-23-17(25-29-18)11-6-7-11/h3-5,8-9,11H,6-7,10H2,1-2H3,(H2,22,24). The van der Waals surface area contributed by atoms with Crippen LogP contribution in [0.3, 0.4) is 0 Å². The first-order valence-corrected chi connectivity index (χ1v) is 12.5. The number of sulfonamides is 1. The van der Waals surface area contributed by atoms with E-state index in [1.54, 1.807) is 6.92 Å². The van der Waals surface area contributed by atoms with Gasteiger partial charge in [0, 0.05) is 23.4 Å². The molecule has 3 aromatic rings. The van der Waals surface area contributed by atoms with Gasteiger partial charge in [0.15, 0.2) is 5.82 Å². The first-order valence-electron chi connectivity index (χ1n) is 9.72. The SMILES string of the molecule is CN1C(N)=NC(C)(c2sc(-c3cccc(-c4nc(C5CC5)no4)c3)cc2Cl)CS1(=O)=O. The topological polar surface area (TPSA) is 115 Å². The summed E-state index contributed by atoms with van der Waals surface area (Å²) in [7, 11) is -2.19. The van der Waals surface area contributed by atoms with Crippen LogP contribution in [0.15, 0.2) is 39.8 Å². The fraction of sp³-hybridized carbons (Fsp3) is 0.350. The van der Waals surface area contributed by atoms with E-state index in [0.717, 1.165) is 39.0 Å². The van der Waals surface area contributed by atoms with E-state index in [1.807, 2.05) is 30.3 Å². The fourth-order valence-electron chi connectivity index (χ4n) is 3.61. The molecule has 162 valence electrons. The molecule has 1 aliphatic heterocycles. The molecule has 11 heteroatoms. The molecule has 1 fully saturated rings. The Labute approximate surface area is 188 Å². The van der Waals surface area contributed by atoms with Gasteiger partial charge in [-0.2, -0.15) is 4.98 Å². The third-order valence-corrected chi connectivity index (χ3v) is 9.31. The van der Waals surface area contributed by atoms with E-state index >= 15 is 0 Å². The van der Waals surface area contributed by atoms with Gasteiger partial charge in [0.2, 0.25) is 16.0 Å². The minimum atomic E-state index is -3.58. The first-order chi connectivity index (χ1) is 14.7. The maximum atomic E-state index is 12.5. The summed E-state index contributed by atoms with van der Waals surface area (Å²) >= 11 is 7.95. The third kappa shape index (κ3) is 3.62. The molecule has 2 aliphatic rings. The van der Waals surface area contributed by atoms with E-state index < -0.39 is 15.6 Å². The van der Waals surface area contributed by atoms with Crippen molar-refractivity contribution in [2.75, 3.05) is 12.8 Å². The van der Waals surface area contributed by atoms with E-state index in [4.69, 9.17) is 21.9 Å². The smallest absolute Gasteiger partial charge is 0.257 e. The number of thiophene rings is 1. The average Bonchev–Trinajstić information content (AvgIpc) is 3.30. The van der Waals surface area contributed by atoms with Gasteiger partial charge >= 0.3 is 0 Å². The van der Waals surface area contributed by atoms with Gasteiger partial charge < -0.3 is 10.3 Å². The van der Waals surface area contributed by atoms with Crippen LogP contribution in [0.2, 0.25) is 5.02 Å². The second-order valence-corrected chi connectivity index (χ2v) is 11.5. The Bertz CT molecular complexity index is 1310. The van der Waals surface area contributed by atoms with Gasteiger partial charge in [-0.05, 0) is 43.5 Å². The number of halogens is 1. The lowest BCUT2D eigenvalue weighted by molar-refractivity contribution is 0.422. The summed E-state index contributed by atoms with van der Waals surface area (Å²) in [6, 6.07) is 9.57. The normalized spacial score (nSPS) is 23.1. The minimum absolute atomic E-state index is 0.0513. The van der Waals surface area contributed by atoms with E-state index in [2.05, 4.69) is 15.1 Å². The third-order valence-electron chi connectivity index (χ3n) is 5.52. The van der Waals surface area contributed by atoms with E-state index in [1.165, 1.54) is 18.4 Å². The summed E-state index contributed by atoms with van der Waals surface area (Å²) in [6.07, 6.45) is 2.21. The molecule has 1 aromatic carbocycles. The largest absolute Gasteiger partial charge is 0.369 e. The minimum Gasteiger partial charge on any atom is -0.369 e. The number of benzene rings is 1. The zero-order valence-corrected chi connectivity index (χ0v) is 19.3. The molecule has 1 saturated carbocycles. The molecule has 1 aliphatic carbocycles. The number of guanidine groups is 1. The van der Waals surface area contributed by atoms with Gasteiger partial charge in [-0.1, -0.05) is 28.9 Å². The molecule has 8 nitrogen and oxygen atoms in total. The molecule has 0 saturated heterocycles. The van der Waals surface area contributed by atoms with Crippen LogP contribution >= 0.6 is 22.9 Å². The quantitative estimate of drug-likeness (QED) is 0.611. The Balaban J connectivity index is 1.51. The highest BCUT2D eigenvalue weighted by Crippen LogP contribution is 2.44. The van der Waals surface area contributed by atoms with Crippen LogP contribution in [0.5, 0.6) is 0 Å². The molecule has 2 aromatic heterocycles. The van der Waals surface area contributed by atoms with Gasteiger partial charge in [0.1, 0.15) is 5.54 Å². The number of rotatable bonds is 4.